The highest BCUT2D eigenvalue weighted by Gasteiger charge is 2.15. The Labute approximate surface area is 109 Å². The Morgan fingerprint density at radius 2 is 2.11 bits per heavy atom. The minimum absolute atomic E-state index is 0.166. The summed E-state index contributed by atoms with van der Waals surface area (Å²) >= 11 is 1.51. The first kappa shape index (κ1) is 12.6. The van der Waals surface area contributed by atoms with Crippen LogP contribution in [0.1, 0.15) is 11.6 Å². The van der Waals surface area contributed by atoms with Crippen LogP contribution in [0.3, 0.4) is 0 Å². The van der Waals surface area contributed by atoms with Gasteiger partial charge in [0.1, 0.15) is 5.75 Å². The predicted octanol–water partition coefficient (Wildman–Crippen LogP) is 2.57. The Bertz CT molecular complexity index is 484. The average Bonchev–Trinajstić information content (AvgIpc) is 2.91. The summed E-state index contributed by atoms with van der Waals surface area (Å²) in [5, 5.41) is 15.6. The van der Waals surface area contributed by atoms with Crippen LogP contribution in [0.4, 0.5) is 4.79 Å². The van der Waals surface area contributed by atoms with Crippen LogP contribution in [0.25, 0.3) is 0 Å². The van der Waals surface area contributed by atoms with Gasteiger partial charge in [-0.3, -0.25) is 0 Å². The van der Waals surface area contributed by atoms with E-state index < -0.39 is 12.1 Å². The van der Waals surface area contributed by atoms with Gasteiger partial charge in [0.05, 0.1) is 12.6 Å². The maximum absolute atomic E-state index is 11.6. The Kier molecular flexibility index (Phi) is 4.33. The van der Waals surface area contributed by atoms with Gasteiger partial charge in [-0.1, -0.05) is 18.2 Å². The van der Waals surface area contributed by atoms with Gasteiger partial charge >= 0.3 is 6.09 Å². The minimum Gasteiger partial charge on any atom is -0.410 e. The molecular weight excluding hydrogens is 250 g/mol. The summed E-state index contributed by atoms with van der Waals surface area (Å²) in [5.74, 6) is 0.469. The summed E-state index contributed by atoms with van der Waals surface area (Å²) in [7, 11) is 0. The third-order valence-electron chi connectivity index (χ3n) is 2.37. The van der Waals surface area contributed by atoms with Crippen molar-refractivity contribution < 1.29 is 14.6 Å². The van der Waals surface area contributed by atoms with E-state index in [1.807, 2.05) is 22.9 Å². The lowest BCUT2D eigenvalue weighted by Crippen LogP contribution is -2.32. The van der Waals surface area contributed by atoms with E-state index in [4.69, 9.17) is 4.74 Å². The summed E-state index contributed by atoms with van der Waals surface area (Å²) in [4.78, 5) is 11.6. The van der Waals surface area contributed by atoms with Crippen LogP contribution < -0.4 is 10.1 Å². The van der Waals surface area contributed by atoms with Crippen LogP contribution in [0, 0.1) is 0 Å². The van der Waals surface area contributed by atoms with Crippen molar-refractivity contribution in [1.29, 1.82) is 0 Å². The quantitative estimate of drug-likeness (QED) is 0.891. The number of aliphatic hydroxyl groups is 1. The second-order valence-corrected chi connectivity index (χ2v) is 4.42. The highest BCUT2D eigenvalue weighted by atomic mass is 32.1. The average molecular weight is 263 g/mol. The minimum atomic E-state index is -0.577. The van der Waals surface area contributed by atoms with E-state index >= 15 is 0 Å². The first-order valence-electron chi connectivity index (χ1n) is 5.46. The molecule has 0 fully saturated rings. The largest absolute Gasteiger partial charge is 0.413 e. The number of thiophene rings is 1. The van der Waals surface area contributed by atoms with Crippen LogP contribution in [0.15, 0.2) is 47.2 Å². The second kappa shape index (κ2) is 6.18. The Morgan fingerprint density at radius 3 is 2.72 bits per heavy atom. The molecule has 1 atom stereocenters. The van der Waals surface area contributed by atoms with Gasteiger partial charge in [-0.05, 0) is 34.5 Å². The summed E-state index contributed by atoms with van der Waals surface area (Å²) in [5.41, 5.74) is 0.868. The third kappa shape index (κ3) is 3.32. The molecule has 2 aromatic rings. The Balaban J connectivity index is 1.94. The molecular formula is C13H13NO3S. The summed E-state index contributed by atoms with van der Waals surface area (Å²) < 4.78 is 5.09. The zero-order valence-electron chi connectivity index (χ0n) is 9.58. The smallest absolute Gasteiger partial charge is 0.410 e. The van der Waals surface area contributed by atoms with Gasteiger partial charge in [-0.15, -0.1) is 0 Å². The van der Waals surface area contributed by atoms with E-state index in [0.717, 1.165) is 5.56 Å². The zero-order chi connectivity index (χ0) is 12.8. The molecule has 0 spiro atoms. The molecule has 1 heterocycles. The number of ether oxygens (including phenoxy) is 1. The van der Waals surface area contributed by atoms with Crippen molar-refractivity contribution in [1.82, 2.24) is 5.32 Å². The van der Waals surface area contributed by atoms with Gasteiger partial charge < -0.3 is 15.2 Å². The molecule has 2 rings (SSSR count). The highest BCUT2D eigenvalue weighted by Crippen LogP contribution is 2.16. The number of para-hydroxylation sites is 1. The molecule has 0 saturated carbocycles. The molecule has 1 aromatic heterocycles. The normalized spacial score (nSPS) is 11.8. The van der Waals surface area contributed by atoms with Crippen molar-refractivity contribution >= 4 is 17.4 Å². The zero-order valence-corrected chi connectivity index (χ0v) is 10.4. The number of rotatable bonds is 4. The van der Waals surface area contributed by atoms with E-state index in [9.17, 15) is 9.90 Å². The molecule has 1 unspecified atom stereocenters. The molecule has 1 amide bonds. The number of aliphatic hydroxyl groups excluding tert-OH is 1. The highest BCUT2D eigenvalue weighted by molar-refractivity contribution is 7.07. The lowest BCUT2D eigenvalue weighted by molar-refractivity contribution is 0.183. The number of benzene rings is 1. The number of carbonyl (C=O) groups excluding carboxylic acids is 1. The fraction of sp³-hybridized carbons (Fsp3) is 0.154. The lowest BCUT2D eigenvalue weighted by Gasteiger charge is -2.14. The first-order chi connectivity index (χ1) is 8.79. The molecule has 4 nitrogen and oxygen atoms in total. The number of hydrogen-bond acceptors (Lipinski definition) is 4. The predicted molar refractivity (Wildman–Crippen MR) is 69.7 cm³/mol. The maximum atomic E-state index is 11.6. The van der Waals surface area contributed by atoms with E-state index in [-0.39, 0.29) is 6.61 Å². The molecule has 0 aliphatic heterocycles. The molecule has 94 valence electrons. The van der Waals surface area contributed by atoms with Crippen molar-refractivity contribution in [3.05, 3.63) is 52.7 Å². The molecule has 0 saturated heterocycles. The number of carbonyl (C=O) groups is 1. The lowest BCUT2D eigenvalue weighted by atomic mass is 10.2. The van der Waals surface area contributed by atoms with Gasteiger partial charge in [-0.2, -0.15) is 11.3 Å². The molecule has 0 bridgehead atoms. The van der Waals surface area contributed by atoms with E-state index in [1.165, 1.54) is 11.3 Å². The molecule has 2 N–H and O–H groups in total. The first-order valence-corrected chi connectivity index (χ1v) is 6.40. The molecule has 5 heteroatoms. The van der Waals surface area contributed by atoms with Gasteiger partial charge in [0.2, 0.25) is 0 Å². The van der Waals surface area contributed by atoms with Crippen LogP contribution in [0.2, 0.25) is 0 Å². The topological polar surface area (TPSA) is 58.6 Å². The summed E-state index contributed by atoms with van der Waals surface area (Å²) in [6.45, 7) is -0.166. The second-order valence-electron chi connectivity index (χ2n) is 3.64. The Hall–Kier alpha value is -1.85. The van der Waals surface area contributed by atoms with Crippen molar-refractivity contribution in [2.45, 2.75) is 6.04 Å². The number of nitrogens with one attached hydrogen (secondary N) is 1. The van der Waals surface area contributed by atoms with Crippen molar-refractivity contribution in [2.75, 3.05) is 6.61 Å². The van der Waals surface area contributed by atoms with Gasteiger partial charge in [0.25, 0.3) is 0 Å². The Morgan fingerprint density at radius 1 is 1.33 bits per heavy atom. The molecule has 1 aromatic carbocycles. The summed E-state index contributed by atoms with van der Waals surface area (Å²) in [6.07, 6.45) is -0.577. The van der Waals surface area contributed by atoms with Gasteiger partial charge in [0.15, 0.2) is 0 Å². The van der Waals surface area contributed by atoms with Crippen molar-refractivity contribution in [3.63, 3.8) is 0 Å². The molecule has 0 aliphatic carbocycles. The molecule has 0 aliphatic rings. The SMILES string of the molecule is O=C(NC(CO)c1ccsc1)Oc1ccccc1. The van der Waals surface area contributed by atoms with Crippen LogP contribution in [-0.4, -0.2) is 17.8 Å². The third-order valence-corrected chi connectivity index (χ3v) is 3.08. The summed E-state index contributed by atoms with van der Waals surface area (Å²) in [6, 6.07) is 10.2. The van der Waals surface area contributed by atoms with Crippen molar-refractivity contribution in [3.8, 4) is 5.75 Å². The van der Waals surface area contributed by atoms with E-state index in [0.29, 0.717) is 5.75 Å². The fourth-order valence-electron chi connectivity index (χ4n) is 1.47. The van der Waals surface area contributed by atoms with Gasteiger partial charge in [-0.25, -0.2) is 4.79 Å². The number of hydrogen-bond donors (Lipinski definition) is 2. The van der Waals surface area contributed by atoms with Crippen molar-refractivity contribution in [2.24, 2.45) is 0 Å². The van der Waals surface area contributed by atoms with Crippen LogP contribution >= 0.6 is 11.3 Å². The molecule has 18 heavy (non-hydrogen) atoms. The van der Waals surface area contributed by atoms with E-state index in [2.05, 4.69) is 5.32 Å². The van der Waals surface area contributed by atoms with E-state index in [1.54, 1.807) is 24.3 Å². The fourth-order valence-corrected chi connectivity index (χ4v) is 2.19. The monoisotopic (exact) mass is 263 g/mol. The standard InChI is InChI=1S/C13H13NO3S/c15-8-12(10-6-7-18-9-10)14-13(16)17-11-4-2-1-3-5-11/h1-7,9,12,15H,8H2,(H,14,16). The number of amides is 1. The molecule has 0 radical (unpaired) electrons. The van der Waals surface area contributed by atoms with Crippen LogP contribution in [0.5, 0.6) is 5.75 Å². The van der Waals surface area contributed by atoms with Gasteiger partial charge in [0, 0.05) is 0 Å². The van der Waals surface area contributed by atoms with Crippen LogP contribution in [-0.2, 0) is 0 Å². The maximum Gasteiger partial charge on any atom is 0.413 e.